The van der Waals surface area contributed by atoms with Gasteiger partial charge in [-0.05, 0) is 11.4 Å². The van der Waals surface area contributed by atoms with Crippen LogP contribution >= 0.6 is 11.3 Å². The van der Waals surface area contributed by atoms with E-state index in [1.807, 2.05) is 41.8 Å². The molecular weight excluding hydrogens is 288 g/mol. The van der Waals surface area contributed by atoms with E-state index in [2.05, 4.69) is 20.4 Å². The van der Waals surface area contributed by atoms with Gasteiger partial charge >= 0.3 is 0 Å². The molecule has 3 aromatic heterocycles. The number of nitrogens with zero attached hydrogens (tertiary/aromatic N) is 4. The first-order valence-electron chi connectivity index (χ1n) is 6.42. The maximum absolute atomic E-state index is 5.62. The van der Waals surface area contributed by atoms with E-state index in [1.54, 1.807) is 11.3 Å². The Morgan fingerprint density at radius 3 is 2.62 bits per heavy atom. The molecule has 3 aromatic rings. The van der Waals surface area contributed by atoms with Gasteiger partial charge in [-0.25, -0.2) is 0 Å². The summed E-state index contributed by atoms with van der Waals surface area (Å²) in [6.07, 6.45) is 8.25. The highest BCUT2D eigenvalue weighted by molar-refractivity contribution is 7.13. The predicted molar refractivity (Wildman–Crippen MR) is 75.7 cm³/mol. The number of thiophene rings is 1. The van der Waals surface area contributed by atoms with Gasteiger partial charge in [-0.2, -0.15) is 0 Å². The van der Waals surface area contributed by atoms with E-state index in [-0.39, 0.29) is 5.92 Å². The highest BCUT2D eigenvalue weighted by Crippen LogP contribution is 2.25. The second kappa shape index (κ2) is 5.10. The fraction of sp³-hybridized carbons (Fsp3) is 0.143. The quantitative estimate of drug-likeness (QED) is 0.737. The zero-order chi connectivity index (χ0) is 14.1. The van der Waals surface area contributed by atoms with Crippen LogP contribution in [0.3, 0.4) is 0 Å². The van der Waals surface area contributed by atoms with Crippen molar-refractivity contribution in [3.05, 3.63) is 59.5 Å². The third kappa shape index (κ3) is 2.43. The molecule has 104 valence electrons. The molecule has 3 heterocycles. The Morgan fingerprint density at radius 2 is 1.81 bits per heavy atom. The van der Waals surface area contributed by atoms with Gasteiger partial charge in [0.05, 0.1) is 10.8 Å². The summed E-state index contributed by atoms with van der Waals surface area (Å²) in [5, 5.41) is 18.1. The first kappa shape index (κ1) is 12.2. The summed E-state index contributed by atoms with van der Waals surface area (Å²) in [5.41, 5.74) is 0. The van der Waals surface area contributed by atoms with Crippen molar-refractivity contribution < 1.29 is 8.83 Å². The largest absolute Gasteiger partial charge is 0.424 e. The van der Waals surface area contributed by atoms with Crippen LogP contribution in [0, 0.1) is 0 Å². The van der Waals surface area contributed by atoms with Gasteiger partial charge in [0.15, 0.2) is 0 Å². The molecule has 21 heavy (non-hydrogen) atoms. The van der Waals surface area contributed by atoms with Gasteiger partial charge in [0.1, 0.15) is 6.42 Å². The number of aromatic nitrogens is 4. The molecule has 0 N–H and O–H groups in total. The van der Waals surface area contributed by atoms with Crippen LogP contribution in [0.4, 0.5) is 0 Å². The molecular formula is C14H10N4O2S. The van der Waals surface area contributed by atoms with E-state index >= 15 is 0 Å². The van der Waals surface area contributed by atoms with Gasteiger partial charge in [0.25, 0.3) is 5.89 Å². The summed E-state index contributed by atoms with van der Waals surface area (Å²) in [7, 11) is 0. The summed E-state index contributed by atoms with van der Waals surface area (Å²) in [4.78, 5) is 0.946. The first-order valence-corrected chi connectivity index (χ1v) is 7.30. The topological polar surface area (TPSA) is 77.8 Å². The molecule has 1 aliphatic rings. The minimum atomic E-state index is 0.0654. The van der Waals surface area contributed by atoms with Gasteiger partial charge in [-0.15, -0.1) is 31.7 Å². The Hall–Kier alpha value is -2.54. The lowest BCUT2D eigenvalue weighted by Gasteiger charge is -1.95. The van der Waals surface area contributed by atoms with Crippen LogP contribution in [-0.4, -0.2) is 20.4 Å². The van der Waals surface area contributed by atoms with Crippen molar-refractivity contribution in [2.45, 2.75) is 12.3 Å². The van der Waals surface area contributed by atoms with Gasteiger partial charge in [0, 0.05) is 0 Å². The van der Waals surface area contributed by atoms with Gasteiger partial charge in [-0.3, -0.25) is 0 Å². The number of rotatable bonds is 4. The summed E-state index contributed by atoms with van der Waals surface area (Å²) in [5.74, 6) is 2.09. The average molecular weight is 298 g/mol. The van der Waals surface area contributed by atoms with E-state index in [1.165, 1.54) is 0 Å². The van der Waals surface area contributed by atoms with Crippen molar-refractivity contribution in [1.29, 1.82) is 0 Å². The van der Waals surface area contributed by atoms with Crippen LogP contribution < -0.4 is 0 Å². The van der Waals surface area contributed by atoms with Crippen LogP contribution in [0.15, 0.2) is 50.7 Å². The number of hydrogen-bond acceptors (Lipinski definition) is 7. The monoisotopic (exact) mass is 298 g/mol. The van der Waals surface area contributed by atoms with E-state index in [9.17, 15) is 0 Å². The van der Waals surface area contributed by atoms with Crippen molar-refractivity contribution >= 4 is 11.3 Å². The highest BCUT2D eigenvalue weighted by Gasteiger charge is 2.17. The molecule has 6 nitrogen and oxygen atoms in total. The normalized spacial score (nSPS) is 14.3. The number of allylic oxidation sites excluding steroid dienone is 4. The summed E-state index contributed by atoms with van der Waals surface area (Å²) in [6, 6.07) is 3.88. The SMILES string of the molecule is C1=CC(c2nnc(Cc3nnc(-c4cccs4)o3)o2)C=C1. The minimum Gasteiger partial charge on any atom is -0.424 e. The average Bonchev–Trinajstić information content (AvgIpc) is 3.28. The summed E-state index contributed by atoms with van der Waals surface area (Å²) >= 11 is 1.55. The second-order valence-corrected chi connectivity index (χ2v) is 5.43. The Kier molecular flexibility index (Phi) is 2.97. The van der Waals surface area contributed by atoms with Gasteiger partial charge in [0.2, 0.25) is 17.7 Å². The molecule has 0 aliphatic heterocycles. The lowest BCUT2D eigenvalue weighted by Crippen LogP contribution is -1.88. The maximum Gasteiger partial charge on any atom is 0.257 e. The highest BCUT2D eigenvalue weighted by atomic mass is 32.1. The second-order valence-electron chi connectivity index (χ2n) is 4.48. The van der Waals surface area contributed by atoms with Crippen LogP contribution in [0.5, 0.6) is 0 Å². The Bertz CT molecular complexity index is 789. The third-order valence-electron chi connectivity index (χ3n) is 3.02. The van der Waals surface area contributed by atoms with Crippen LogP contribution in [0.25, 0.3) is 10.8 Å². The molecule has 0 amide bonds. The molecule has 0 spiro atoms. The molecule has 0 saturated heterocycles. The minimum absolute atomic E-state index is 0.0654. The summed E-state index contributed by atoms with van der Waals surface area (Å²) in [6.45, 7) is 0. The fourth-order valence-corrected chi connectivity index (χ4v) is 2.67. The van der Waals surface area contributed by atoms with Gasteiger partial charge in [-0.1, -0.05) is 30.4 Å². The lowest BCUT2D eigenvalue weighted by molar-refractivity contribution is 0.434. The van der Waals surface area contributed by atoms with Crippen LogP contribution in [-0.2, 0) is 6.42 Å². The smallest absolute Gasteiger partial charge is 0.257 e. The van der Waals surface area contributed by atoms with E-state index in [4.69, 9.17) is 8.83 Å². The first-order chi connectivity index (χ1) is 10.4. The molecule has 0 unspecified atom stereocenters. The Balaban J connectivity index is 1.51. The molecule has 0 bridgehead atoms. The summed E-state index contributed by atoms with van der Waals surface area (Å²) < 4.78 is 11.2. The fourth-order valence-electron chi connectivity index (χ4n) is 2.02. The predicted octanol–water partition coefficient (Wildman–Crippen LogP) is 2.98. The molecule has 0 aromatic carbocycles. The molecule has 0 radical (unpaired) electrons. The lowest BCUT2D eigenvalue weighted by atomic mass is 10.2. The van der Waals surface area contributed by atoms with Crippen LogP contribution in [0.1, 0.15) is 23.6 Å². The standard InChI is InChI=1S/C14H10N4O2S/c1-2-5-9(4-1)13-17-15-11(19-13)8-12-16-18-14(20-12)10-6-3-7-21-10/h1-7,9H,8H2. The van der Waals surface area contributed by atoms with E-state index in [0.717, 1.165) is 4.88 Å². The molecule has 0 saturated carbocycles. The maximum atomic E-state index is 5.62. The zero-order valence-electron chi connectivity index (χ0n) is 10.8. The zero-order valence-corrected chi connectivity index (χ0v) is 11.7. The number of hydrogen-bond donors (Lipinski definition) is 0. The van der Waals surface area contributed by atoms with Crippen LogP contribution in [0.2, 0.25) is 0 Å². The van der Waals surface area contributed by atoms with Crippen molar-refractivity contribution in [1.82, 2.24) is 20.4 Å². The molecule has 1 aliphatic carbocycles. The molecule has 4 rings (SSSR count). The van der Waals surface area contributed by atoms with Gasteiger partial charge < -0.3 is 8.83 Å². The Labute approximate surface area is 123 Å². The van der Waals surface area contributed by atoms with Crippen molar-refractivity contribution in [2.75, 3.05) is 0 Å². The third-order valence-corrected chi connectivity index (χ3v) is 3.87. The van der Waals surface area contributed by atoms with Crippen molar-refractivity contribution in [2.24, 2.45) is 0 Å². The molecule has 0 fully saturated rings. The van der Waals surface area contributed by atoms with E-state index in [0.29, 0.717) is 30.0 Å². The van der Waals surface area contributed by atoms with Crippen molar-refractivity contribution in [3.63, 3.8) is 0 Å². The Morgan fingerprint density at radius 1 is 1.00 bits per heavy atom. The molecule has 0 atom stereocenters. The van der Waals surface area contributed by atoms with E-state index < -0.39 is 0 Å². The van der Waals surface area contributed by atoms with Crippen molar-refractivity contribution in [3.8, 4) is 10.8 Å². The molecule has 7 heteroatoms.